The van der Waals surface area contributed by atoms with Gasteiger partial charge in [-0.1, -0.05) is 18.2 Å². The van der Waals surface area contributed by atoms with E-state index in [-0.39, 0.29) is 5.56 Å². The Hall–Kier alpha value is -1.71. The fraction of sp³-hybridized carbons (Fsp3) is 0.500. The third kappa shape index (κ3) is 6.12. The summed E-state index contributed by atoms with van der Waals surface area (Å²) in [7, 11) is -5.05. The van der Waals surface area contributed by atoms with Crippen LogP contribution < -0.4 is 5.32 Å². The Morgan fingerprint density at radius 1 is 1.30 bits per heavy atom. The number of ether oxygens (including phenoxy) is 1. The molecule has 2 atom stereocenters. The van der Waals surface area contributed by atoms with Crippen molar-refractivity contribution in [3.8, 4) is 0 Å². The molecular weight excluding hydrogens is 329 g/mol. The van der Waals surface area contributed by atoms with E-state index >= 15 is 0 Å². The average molecular weight is 349 g/mol. The zero-order valence-corrected chi connectivity index (χ0v) is 13.8. The summed E-state index contributed by atoms with van der Waals surface area (Å²) in [4.78, 5) is 10.7. The maximum atomic E-state index is 13.2. The molecule has 0 fully saturated rings. The normalized spacial score (nSPS) is 14.9. The number of benzene rings is 1. The van der Waals surface area contributed by atoms with E-state index in [0.717, 1.165) is 6.07 Å². The van der Waals surface area contributed by atoms with Gasteiger partial charge in [0.1, 0.15) is 22.7 Å². The minimum Gasteiger partial charge on any atom is -0.444 e. The van der Waals surface area contributed by atoms with E-state index < -0.39 is 45.6 Å². The van der Waals surface area contributed by atoms with Crippen molar-refractivity contribution in [2.75, 3.05) is 6.54 Å². The van der Waals surface area contributed by atoms with Gasteiger partial charge >= 0.3 is 16.3 Å². The molecule has 9 heteroatoms. The van der Waals surface area contributed by atoms with Crippen LogP contribution in [0.25, 0.3) is 0 Å². The molecule has 1 aromatic carbocycles. The summed E-state index contributed by atoms with van der Waals surface area (Å²) in [6.45, 7) is 4.55. The molecule has 0 radical (unpaired) electrons. The molecule has 130 valence electrons. The number of amides is 1. The number of rotatable bonds is 5. The number of aliphatic hydroxyl groups is 2. The summed E-state index contributed by atoms with van der Waals surface area (Å²) < 4.78 is 40.3. The lowest BCUT2D eigenvalue weighted by atomic mass is 10.0. The van der Waals surface area contributed by atoms with E-state index in [1.54, 1.807) is 20.8 Å². The van der Waals surface area contributed by atoms with Crippen molar-refractivity contribution in [1.29, 1.82) is 0 Å². The third-order valence-corrected chi connectivity index (χ3v) is 3.62. The van der Waals surface area contributed by atoms with E-state index in [1.807, 2.05) is 0 Å². The highest BCUT2D eigenvalue weighted by molar-refractivity contribution is 7.86. The smallest absolute Gasteiger partial charge is 0.407 e. The van der Waals surface area contributed by atoms with Crippen molar-refractivity contribution in [3.63, 3.8) is 0 Å². The summed E-state index contributed by atoms with van der Waals surface area (Å²) >= 11 is 0. The molecule has 0 aliphatic rings. The van der Waals surface area contributed by atoms with Gasteiger partial charge < -0.3 is 20.3 Å². The number of aliphatic hydroxyl groups excluding tert-OH is 2. The predicted octanol–water partition coefficient (Wildman–Crippen LogP) is 1.26. The Bertz CT molecular complexity index is 655. The molecule has 0 heterocycles. The van der Waals surface area contributed by atoms with E-state index in [9.17, 15) is 27.3 Å². The van der Waals surface area contributed by atoms with Crippen molar-refractivity contribution in [2.45, 2.75) is 43.5 Å². The van der Waals surface area contributed by atoms with Crippen molar-refractivity contribution in [3.05, 3.63) is 29.8 Å². The van der Waals surface area contributed by atoms with Crippen LogP contribution in [0.3, 0.4) is 0 Å². The Morgan fingerprint density at radius 2 is 1.87 bits per heavy atom. The number of carbonyl (C=O) groups is 1. The summed E-state index contributed by atoms with van der Waals surface area (Å²) in [6, 6.07) is 4.82. The fourth-order valence-corrected chi connectivity index (χ4v) is 2.48. The number of carbonyl (C=O) groups excluding carboxylic acids is 1. The van der Waals surface area contributed by atoms with E-state index in [0.29, 0.717) is 0 Å². The first-order chi connectivity index (χ1) is 10.4. The summed E-state index contributed by atoms with van der Waals surface area (Å²) in [5.41, 5.74) is -1.03. The van der Waals surface area contributed by atoms with Gasteiger partial charge in [-0.2, -0.15) is 8.42 Å². The van der Waals surface area contributed by atoms with Gasteiger partial charge in [0.25, 0.3) is 0 Å². The highest BCUT2D eigenvalue weighted by atomic mass is 32.3. The zero-order chi connectivity index (χ0) is 17.8. The van der Waals surface area contributed by atoms with Crippen molar-refractivity contribution < 1.29 is 32.0 Å². The van der Waals surface area contributed by atoms with Gasteiger partial charge in [0.05, 0.1) is 0 Å². The van der Waals surface area contributed by atoms with Gasteiger partial charge in [-0.15, -0.1) is 3.89 Å². The highest BCUT2D eigenvalue weighted by Gasteiger charge is 2.27. The molecule has 0 aliphatic carbocycles. The van der Waals surface area contributed by atoms with Crippen molar-refractivity contribution >= 4 is 16.3 Å². The van der Waals surface area contributed by atoms with Gasteiger partial charge in [-0.3, -0.25) is 0 Å². The summed E-state index contributed by atoms with van der Waals surface area (Å²) in [5, 5.41) is 22.1. The lowest BCUT2D eigenvalue weighted by Crippen LogP contribution is -2.39. The molecular formula is C14H20FNO6S. The van der Waals surface area contributed by atoms with Crippen molar-refractivity contribution in [1.82, 2.24) is 5.32 Å². The SMILES string of the molecule is CC(C)(C)OC(=O)NCC(O)C(O)c1ccccc1S(=O)(=O)F. The average Bonchev–Trinajstić information content (AvgIpc) is 2.41. The number of hydrogen-bond acceptors (Lipinski definition) is 6. The topological polar surface area (TPSA) is 113 Å². The molecule has 0 aromatic heterocycles. The van der Waals surface area contributed by atoms with Gasteiger partial charge in [0, 0.05) is 12.1 Å². The van der Waals surface area contributed by atoms with E-state index in [4.69, 9.17) is 4.74 Å². The number of nitrogens with one attached hydrogen (secondary N) is 1. The second-order valence-corrected chi connectivity index (χ2v) is 7.19. The van der Waals surface area contributed by atoms with Crippen LogP contribution in [0.15, 0.2) is 29.2 Å². The molecule has 0 bridgehead atoms. The lowest BCUT2D eigenvalue weighted by molar-refractivity contribution is 0.0116. The fourth-order valence-electron chi connectivity index (χ4n) is 1.77. The monoisotopic (exact) mass is 349 g/mol. The molecule has 7 nitrogen and oxygen atoms in total. The zero-order valence-electron chi connectivity index (χ0n) is 13.0. The maximum Gasteiger partial charge on any atom is 0.407 e. The van der Waals surface area contributed by atoms with Crippen LogP contribution in [0.1, 0.15) is 32.4 Å². The second-order valence-electron chi connectivity index (χ2n) is 5.87. The van der Waals surface area contributed by atoms with Crippen LogP contribution in [-0.2, 0) is 15.0 Å². The molecule has 23 heavy (non-hydrogen) atoms. The van der Waals surface area contributed by atoms with Crippen LogP contribution in [0, 0.1) is 0 Å². The van der Waals surface area contributed by atoms with Crippen molar-refractivity contribution in [2.24, 2.45) is 0 Å². The van der Waals surface area contributed by atoms with Gasteiger partial charge in [0.2, 0.25) is 0 Å². The molecule has 0 saturated carbocycles. The number of alkyl carbamates (subject to hydrolysis) is 1. The second kappa shape index (κ2) is 7.24. The molecule has 1 amide bonds. The first-order valence-electron chi connectivity index (χ1n) is 6.78. The molecule has 2 unspecified atom stereocenters. The summed E-state index contributed by atoms with van der Waals surface area (Å²) in [6.07, 6.45) is -4.06. The van der Waals surface area contributed by atoms with Crippen LogP contribution in [0.4, 0.5) is 8.68 Å². The van der Waals surface area contributed by atoms with E-state index in [1.165, 1.54) is 18.2 Å². The molecule has 1 aromatic rings. The van der Waals surface area contributed by atoms with Crippen LogP contribution in [0.5, 0.6) is 0 Å². The molecule has 0 saturated heterocycles. The Morgan fingerprint density at radius 3 is 2.39 bits per heavy atom. The first kappa shape index (κ1) is 19.3. The lowest BCUT2D eigenvalue weighted by Gasteiger charge is -2.22. The molecule has 0 aliphatic heterocycles. The molecule has 1 rings (SSSR count). The minimum atomic E-state index is -5.05. The number of hydrogen-bond donors (Lipinski definition) is 3. The van der Waals surface area contributed by atoms with Crippen LogP contribution in [-0.4, -0.2) is 43.0 Å². The van der Waals surface area contributed by atoms with Gasteiger partial charge in [-0.25, -0.2) is 4.79 Å². The largest absolute Gasteiger partial charge is 0.444 e. The Kier molecular flexibility index (Phi) is 6.09. The third-order valence-electron chi connectivity index (χ3n) is 2.72. The number of halogens is 1. The predicted molar refractivity (Wildman–Crippen MR) is 79.9 cm³/mol. The highest BCUT2D eigenvalue weighted by Crippen LogP contribution is 2.26. The summed E-state index contributed by atoms with van der Waals surface area (Å²) in [5.74, 6) is 0. The van der Waals surface area contributed by atoms with Gasteiger partial charge in [0.15, 0.2) is 0 Å². The molecule has 3 N–H and O–H groups in total. The van der Waals surface area contributed by atoms with Crippen LogP contribution >= 0.6 is 0 Å². The Balaban J connectivity index is 2.79. The van der Waals surface area contributed by atoms with E-state index in [2.05, 4.69) is 5.32 Å². The Labute approximate surface area is 134 Å². The standard InChI is InChI=1S/C14H20FNO6S/c1-14(2,3)22-13(19)16-8-10(17)12(18)9-6-4-5-7-11(9)23(15,20)21/h4-7,10,12,17-18H,8H2,1-3H3,(H,16,19). The van der Waals surface area contributed by atoms with Crippen LogP contribution in [0.2, 0.25) is 0 Å². The van der Waals surface area contributed by atoms with Gasteiger partial charge in [-0.05, 0) is 26.8 Å². The maximum absolute atomic E-state index is 13.2. The first-order valence-corrected chi connectivity index (χ1v) is 8.17. The molecule has 0 spiro atoms. The minimum absolute atomic E-state index is 0.298. The quantitative estimate of drug-likeness (QED) is 0.690.